The third-order valence-corrected chi connectivity index (χ3v) is 4.94. The summed E-state index contributed by atoms with van der Waals surface area (Å²) in [5.74, 6) is -1.05. The van der Waals surface area contributed by atoms with E-state index in [1.807, 2.05) is 6.07 Å². The van der Waals surface area contributed by atoms with Crippen molar-refractivity contribution in [1.82, 2.24) is 0 Å². The molecule has 7 heteroatoms. The molecule has 0 radical (unpaired) electrons. The maximum absolute atomic E-state index is 12.6. The normalized spacial score (nSPS) is 10.5. The number of hydrogen-bond acceptors (Lipinski definition) is 3. The Balaban J connectivity index is 1.92. The molecule has 0 saturated heterocycles. The Hall–Kier alpha value is -2.34. The van der Waals surface area contributed by atoms with Gasteiger partial charge in [-0.1, -0.05) is 53.5 Å². The Kier molecular flexibility index (Phi) is 5.85. The number of aromatic hydroxyl groups is 1. The van der Waals surface area contributed by atoms with Crippen LogP contribution in [0, 0.1) is 0 Å². The largest absolute Gasteiger partial charge is 0.506 e. The van der Waals surface area contributed by atoms with E-state index in [-0.39, 0.29) is 32.8 Å². The van der Waals surface area contributed by atoms with Crippen molar-refractivity contribution in [2.45, 2.75) is 0 Å². The first-order valence-electron chi connectivity index (χ1n) is 7.75. The zero-order valence-corrected chi connectivity index (χ0v) is 16.8. The molecule has 136 valence electrons. The zero-order chi connectivity index (χ0) is 19.6. The Morgan fingerprint density at radius 2 is 1.63 bits per heavy atom. The van der Waals surface area contributed by atoms with Crippen LogP contribution in [0.4, 0.5) is 5.69 Å². The number of anilines is 1. The maximum atomic E-state index is 12.6. The molecule has 4 nitrogen and oxygen atoms in total. The van der Waals surface area contributed by atoms with Gasteiger partial charge in [0.25, 0.3) is 5.91 Å². The molecule has 0 aliphatic heterocycles. The topological polar surface area (TPSA) is 66.4 Å². The molecular formula is C20H12BrCl2NO3. The minimum atomic E-state index is -0.609. The highest BCUT2D eigenvalue weighted by Crippen LogP contribution is 2.33. The van der Waals surface area contributed by atoms with E-state index in [1.54, 1.807) is 30.3 Å². The Labute approximate surface area is 173 Å². The highest BCUT2D eigenvalue weighted by molar-refractivity contribution is 9.10. The van der Waals surface area contributed by atoms with Crippen molar-refractivity contribution in [1.29, 1.82) is 0 Å². The van der Waals surface area contributed by atoms with Gasteiger partial charge >= 0.3 is 0 Å². The van der Waals surface area contributed by atoms with Crippen LogP contribution in [-0.2, 0) is 0 Å². The van der Waals surface area contributed by atoms with E-state index in [4.69, 9.17) is 23.2 Å². The van der Waals surface area contributed by atoms with Crippen LogP contribution in [0.5, 0.6) is 5.75 Å². The summed E-state index contributed by atoms with van der Waals surface area (Å²) in [5, 5.41) is 13.2. The lowest BCUT2D eigenvalue weighted by molar-refractivity contribution is 0.101. The van der Waals surface area contributed by atoms with Gasteiger partial charge in [0.15, 0.2) is 5.78 Å². The summed E-state index contributed by atoms with van der Waals surface area (Å²) in [6.45, 7) is 0. The molecule has 0 aliphatic rings. The van der Waals surface area contributed by atoms with Gasteiger partial charge in [-0.15, -0.1) is 0 Å². The lowest BCUT2D eigenvalue weighted by Gasteiger charge is -2.11. The van der Waals surface area contributed by atoms with Crippen LogP contribution in [0.1, 0.15) is 26.3 Å². The monoisotopic (exact) mass is 463 g/mol. The third kappa shape index (κ3) is 4.33. The van der Waals surface area contributed by atoms with E-state index in [2.05, 4.69) is 21.2 Å². The van der Waals surface area contributed by atoms with Crippen LogP contribution >= 0.6 is 39.1 Å². The van der Waals surface area contributed by atoms with Gasteiger partial charge in [-0.05, 0) is 46.3 Å². The average molecular weight is 465 g/mol. The lowest BCUT2D eigenvalue weighted by Crippen LogP contribution is -2.13. The quantitative estimate of drug-likeness (QED) is 0.469. The van der Waals surface area contributed by atoms with Crippen molar-refractivity contribution < 1.29 is 14.7 Å². The first-order chi connectivity index (χ1) is 12.9. The Bertz CT molecular complexity index is 1040. The molecule has 0 atom stereocenters. The predicted molar refractivity (Wildman–Crippen MR) is 110 cm³/mol. The number of hydrogen-bond donors (Lipinski definition) is 2. The third-order valence-electron chi connectivity index (χ3n) is 3.79. The fourth-order valence-corrected chi connectivity index (χ4v) is 3.42. The Morgan fingerprint density at radius 3 is 2.33 bits per heavy atom. The molecule has 0 aliphatic carbocycles. The van der Waals surface area contributed by atoms with Crippen LogP contribution in [0.2, 0.25) is 10.0 Å². The van der Waals surface area contributed by atoms with Gasteiger partial charge in [0.05, 0.1) is 20.7 Å². The summed E-state index contributed by atoms with van der Waals surface area (Å²) < 4.78 is 0.291. The van der Waals surface area contributed by atoms with Crippen LogP contribution in [0.15, 0.2) is 65.1 Å². The molecule has 1 amide bonds. The summed E-state index contributed by atoms with van der Waals surface area (Å²) in [4.78, 5) is 25.1. The van der Waals surface area contributed by atoms with Crippen LogP contribution in [0.25, 0.3) is 0 Å². The van der Waals surface area contributed by atoms with Crippen molar-refractivity contribution in [3.63, 3.8) is 0 Å². The van der Waals surface area contributed by atoms with Crippen molar-refractivity contribution in [2.24, 2.45) is 0 Å². The van der Waals surface area contributed by atoms with Crippen LogP contribution in [0.3, 0.4) is 0 Å². The predicted octanol–water partition coefficient (Wildman–Crippen LogP) is 5.94. The molecule has 3 aromatic carbocycles. The average Bonchev–Trinajstić information content (AvgIpc) is 2.66. The fraction of sp³-hybridized carbons (Fsp3) is 0. The summed E-state index contributed by atoms with van der Waals surface area (Å²) in [6.07, 6.45) is 0. The van der Waals surface area contributed by atoms with E-state index in [9.17, 15) is 14.7 Å². The van der Waals surface area contributed by atoms with Gasteiger partial charge in [0.2, 0.25) is 0 Å². The number of carbonyl (C=O) groups excluding carboxylic acids is 2. The molecule has 0 fully saturated rings. The van der Waals surface area contributed by atoms with Gasteiger partial charge in [0.1, 0.15) is 5.75 Å². The van der Waals surface area contributed by atoms with Crippen molar-refractivity contribution in [2.75, 3.05) is 5.32 Å². The molecule has 0 spiro atoms. The highest BCUT2D eigenvalue weighted by atomic mass is 79.9. The number of rotatable bonds is 4. The molecule has 0 heterocycles. The molecule has 0 bridgehead atoms. The van der Waals surface area contributed by atoms with Gasteiger partial charge in [-0.3, -0.25) is 9.59 Å². The second-order valence-electron chi connectivity index (χ2n) is 5.63. The first kappa shape index (κ1) is 19.4. The number of ketones is 1. The van der Waals surface area contributed by atoms with Gasteiger partial charge < -0.3 is 10.4 Å². The molecule has 2 N–H and O–H groups in total. The van der Waals surface area contributed by atoms with Gasteiger partial charge in [0, 0.05) is 16.1 Å². The SMILES string of the molecule is O=C(c1ccccc1)c1ccc(Cl)c(NC(=O)c2cc(Cl)cc(Br)c2O)c1. The molecular weight excluding hydrogens is 453 g/mol. The van der Waals surface area contributed by atoms with E-state index in [1.165, 1.54) is 24.3 Å². The number of phenols is 1. The minimum Gasteiger partial charge on any atom is -0.506 e. The van der Waals surface area contributed by atoms with Crippen molar-refractivity contribution in [3.05, 3.63) is 91.9 Å². The van der Waals surface area contributed by atoms with Gasteiger partial charge in [-0.25, -0.2) is 0 Å². The first-order valence-corrected chi connectivity index (χ1v) is 9.30. The highest BCUT2D eigenvalue weighted by Gasteiger charge is 2.18. The number of nitrogens with one attached hydrogen (secondary N) is 1. The second kappa shape index (κ2) is 8.13. The lowest BCUT2D eigenvalue weighted by atomic mass is 10.0. The minimum absolute atomic E-state index is 0.0229. The number of benzene rings is 3. The summed E-state index contributed by atoms with van der Waals surface area (Å²) in [6, 6.07) is 16.2. The molecule has 0 unspecified atom stereocenters. The van der Waals surface area contributed by atoms with E-state index < -0.39 is 5.91 Å². The molecule has 0 aromatic heterocycles. The van der Waals surface area contributed by atoms with Crippen molar-refractivity contribution in [3.8, 4) is 5.75 Å². The number of amides is 1. The van der Waals surface area contributed by atoms with Crippen LogP contribution in [-0.4, -0.2) is 16.8 Å². The summed E-state index contributed by atoms with van der Waals surface area (Å²) in [5.41, 5.74) is 1.12. The number of carbonyl (C=O) groups is 2. The number of halogens is 3. The van der Waals surface area contributed by atoms with Crippen LogP contribution < -0.4 is 5.32 Å². The zero-order valence-electron chi connectivity index (χ0n) is 13.7. The fourth-order valence-electron chi connectivity index (χ4n) is 2.45. The van der Waals surface area contributed by atoms with Crippen molar-refractivity contribution >= 4 is 56.5 Å². The molecule has 3 rings (SSSR count). The maximum Gasteiger partial charge on any atom is 0.259 e. The molecule has 27 heavy (non-hydrogen) atoms. The number of phenolic OH excluding ortho intramolecular Hbond substituents is 1. The molecule has 0 saturated carbocycles. The van der Waals surface area contributed by atoms with E-state index >= 15 is 0 Å². The standard InChI is InChI=1S/C20H12BrCl2NO3/c21-15-10-13(22)9-14(19(15)26)20(27)24-17-8-12(6-7-16(17)23)18(25)11-4-2-1-3-5-11/h1-10,26H,(H,24,27). The second-order valence-corrected chi connectivity index (χ2v) is 7.33. The molecule has 3 aromatic rings. The van der Waals surface area contributed by atoms with E-state index in [0.717, 1.165) is 0 Å². The summed E-state index contributed by atoms with van der Waals surface area (Å²) in [7, 11) is 0. The Morgan fingerprint density at radius 1 is 0.926 bits per heavy atom. The van der Waals surface area contributed by atoms with Gasteiger partial charge in [-0.2, -0.15) is 0 Å². The smallest absolute Gasteiger partial charge is 0.259 e. The summed E-state index contributed by atoms with van der Waals surface area (Å²) >= 11 is 15.2. The van der Waals surface area contributed by atoms with E-state index in [0.29, 0.717) is 15.6 Å².